The molecule has 0 aliphatic carbocycles. The minimum Gasteiger partial charge on any atom is -0.799 e. The molecule has 0 aromatic rings. The summed E-state index contributed by atoms with van der Waals surface area (Å²) in [5.74, 6) is 0. The summed E-state index contributed by atoms with van der Waals surface area (Å²) < 4.78 is 32.4. The molecule has 0 saturated carbocycles. The van der Waals surface area contributed by atoms with Gasteiger partial charge < -0.3 is 28.4 Å². The summed E-state index contributed by atoms with van der Waals surface area (Å²) >= 11 is 0. The maximum absolute atomic E-state index is 10.8. The maximum atomic E-state index is 10.8. The van der Waals surface area contributed by atoms with Crippen LogP contribution in [0, 0.1) is 0 Å². The molecular formula is C18H42FeO6P3. The molecule has 0 heterocycles. The molecule has 0 N–H and O–H groups in total. The molecule has 10 heteroatoms. The Morgan fingerprint density at radius 3 is 0.786 bits per heavy atom. The Labute approximate surface area is 184 Å². The predicted octanol–water partition coefficient (Wildman–Crippen LogP) is 4.33. The average Bonchev–Trinajstić information content (AvgIpc) is 2.64. The van der Waals surface area contributed by atoms with Crippen LogP contribution in [0.4, 0.5) is 0 Å². The smallest absolute Gasteiger partial charge is 0.799 e. The van der Waals surface area contributed by atoms with Gasteiger partial charge in [-0.1, -0.05) is 60.8 Å². The van der Waals surface area contributed by atoms with Crippen molar-refractivity contribution in [1.29, 1.82) is 0 Å². The second-order valence-corrected chi connectivity index (χ2v) is 14.8. The zero-order valence-electron chi connectivity index (χ0n) is 18.6. The zero-order chi connectivity index (χ0) is 22.0. The van der Waals surface area contributed by atoms with Gasteiger partial charge in [-0.05, 0) is 56.2 Å². The van der Waals surface area contributed by atoms with Gasteiger partial charge in [0.1, 0.15) is 0 Å². The predicted molar refractivity (Wildman–Crippen MR) is 114 cm³/mol. The Morgan fingerprint density at radius 2 is 0.679 bits per heavy atom. The van der Waals surface area contributed by atoms with Gasteiger partial charge in [-0.25, -0.2) is 0 Å². The Hall–Kier alpha value is 1.09. The van der Waals surface area contributed by atoms with Crippen LogP contribution in [0.3, 0.4) is 0 Å². The van der Waals surface area contributed by atoms with Gasteiger partial charge in [0.25, 0.3) is 0 Å². The van der Waals surface area contributed by atoms with Gasteiger partial charge in [0, 0.05) is 22.1 Å². The monoisotopic (exact) mass is 503 g/mol. The normalized spacial score (nSPS) is 16.6. The largest absolute Gasteiger partial charge is 3.00 e. The van der Waals surface area contributed by atoms with Crippen LogP contribution < -0.4 is 14.7 Å². The van der Waals surface area contributed by atoms with Gasteiger partial charge in [0.2, 0.25) is 0 Å². The third kappa shape index (κ3) is 29.3. The van der Waals surface area contributed by atoms with Gasteiger partial charge in [-0.3, -0.25) is 0 Å². The van der Waals surface area contributed by atoms with E-state index in [0.717, 1.165) is 38.5 Å². The van der Waals surface area contributed by atoms with E-state index in [4.69, 9.17) is 0 Å². The first-order valence-corrected chi connectivity index (χ1v) is 16.2. The van der Waals surface area contributed by atoms with Crippen molar-refractivity contribution >= 4 is 22.1 Å². The molecule has 0 aliphatic rings. The first kappa shape index (κ1) is 36.5. The van der Waals surface area contributed by atoms with Gasteiger partial charge in [-0.15, -0.1) is 0 Å². The fourth-order valence-electron chi connectivity index (χ4n) is 1.67. The van der Waals surface area contributed by atoms with Crippen LogP contribution in [0.2, 0.25) is 0 Å². The average molecular weight is 503 g/mol. The molecule has 0 rings (SSSR count). The van der Waals surface area contributed by atoms with E-state index in [1.54, 1.807) is 20.8 Å². The van der Waals surface area contributed by atoms with Crippen LogP contribution in [0.5, 0.6) is 0 Å². The molecule has 0 aromatic heterocycles. The van der Waals surface area contributed by atoms with E-state index in [9.17, 15) is 28.4 Å². The first-order valence-electron chi connectivity index (χ1n) is 10.2. The van der Waals surface area contributed by atoms with E-state index < -0.39 is 22.1 Å². The third-order valence-electron chi connectivity index (χ3n) is 4.00. The molecule has 3 atom stereocenters. The Bertz CT molecular complexity index is 408. The minimum atomic E-state index is -2.94. The molecule has 0 bridgehead atoms. The molecule has 0 fully saturated rings. The molecule has 0 saturated heterocycles. The standard InChI is InChI=1S/3C6H15O2P.Fe/c3*1-3-5-6-9(7,8)4-2;/h3*3-6H2,1-2H3,(H,7,8);/q;;;+3/p-3. The molecule has 28 heavy (non-hydrogen) atoms. The Kier molecular flexibility index (Phi) is 27.8. The van der Waals surface area contributed by atoms with Crippen LogP contribution in [0.15, 0.2) is 0 Å². The Morgan fingerprint density at radius 1 is 0.500 bits per heavy atom. The number of hydrogen-bond donors (Lipinski definition) is 0. The summed E-state index contributed by atoms with van der Waals surface area (Å²) in [6, 6.07) is 0. The SMILES string of the molecule is CCCCP(=O)([O-])CC.CCCCP(=O)([O-])CC.CCCCP(=O)([O-])CC.[Fe+3]. The molecule has 0 spiro atoms. The molecule has 1 radical (unpaired) electrons. The summed E-state index contributed by atoms with van der Waals surface area (Å²) in [6.45, 7) is 11.1. The topological polar surface area (TPSA) is 120 Å². The van der Waals surface area contributed by atoms with Crippen LogP contribution in [-0.2, 0) is 30.8 Å². The van der Waals surface area contributed by atoms with Crippen LogP contribution in [0.1, 0.15) is 80.1 Å². The van der Waals surface area contributed by atoms with E-state index in [-0.39, 0.29) is 17.1 Å². The van der Waals surface area contributed by atoms with Gasteiger partial charge in [0.15, 0.2) is 0 Å². The van der Waals surface area contributed by atoms with E-state index in [2.05, 4.69) is 0 Å². The minimum absolute atomic E-state index is 0. The fourth-order valence-corrected chi connectivity index (χ4v) is 5.01. The summed E-state index contributed by atoms with van der Waals surface area (Å²) in [4.78, 5) is 32.4. The molecule has 0 aromatic carbocycles. The molecule has 0 aliphatic heterocycles. The maximum Gasteiger partial charge on any atom is 3.00 e. The van der Waals surface area contributed by atoms with Crippen molar-refractivity contribution in [3.63, 3.8) is 0 Å². The number of rotatable bonds is 12. The third-order valence-corrected chi connectivity index (χ3v) is 9.89. The van der Waals surface area contributed by atoms with Gasteiger partial charge in [0.05, 0.1) is 0 Å². The molecule has 3 unspecified atom stereocenters. The molecule has 6 nitrogen and oxygen atoms in total. The van der Waals surface area contributed by atoms with Crippen molar-refractivity contribution in [1.82, 2.24) is 0 Å². The van der Waals surface area contributed by atoms with Crippen LogP contribution in [0.25, 0.3) is 0 Å². The van der Waals surface area contributed by atoms with Crippen molar-refractivity contribution in [2.24, 2.45) is 0 Å². The van der Waals surface area contributed by atoms with Crippen molar-refractivity contribution in [2.75, 3.05) is 37.0 Å². The van der Waals surface area contributed by atoms with E-state index in [1.165, 1.54) is 0 Å². The van der Waals surface area contributed by atoms with E-state index in [1.807, 2.05) is 20.8 Å². The number of unbranched alkanes of at least 4 members (excludes halogenated alkanes) is 3. The van der Waals surface area contributed by atoms with E-state index >= 15 is 0 Å². The van der Waals surface area contributed by atoms with Gasteiger partial charge in [-0.2, -0.15) is 0 Å². The molecular weight excluding hydrogens is 461 g/mol. The Balaban J connectivity index is -0.000000152. The fraction of sp³-hybridized carbons (Fsp3) is 1.00. The van der Waals surface area contributed by atoms with Crippen molar-refractivity contribution in [2.45, 2.75) is 80.1 Å². The second-order valence-electron chi connectivity index (χ2n) is 6.62. The summed E-state index contributed by atoms with van der Waals surface area (Å²) in [5.41, 5.74) is 0. The van der Waals surface area contributed by atoms with Crippen molar-refractivity contribution in [3.05, 3.63) is 0 Å². The van der Waals surface area contributed by atoms with Crippen molar-refractivity contribution in [3.8, 4) is 0 Å². The summed E-state index contributed by atoms with van der Waals surface area (Å²) in [7, 11) is -8.82. The summed E-state index contributed by atoms with van der Waals surface area (Å²) in [6.07, 6.45) is 7.44. The van der Waals surface area contributed by atoms with Crippen LogP contribution in [-0.4, -0.2) is 37.0 Å². The van der Waals surface area contributed by atoms with Gasteiger partial charge >= 0.3 is 17.1 Å². The molecule has 173 valence electrons. The van der Waals surface area contributed by atoms with Crippen molar-refractivity contribution < 1.29 is 45.4 Å². The zero-order valence-corrected chi connectivity index (χ0v) is 22.4. The van der Waals surface area contributed by atoms with Crippen LogP contribution >= 0.6 is 22.1 Å². The second kappa shape index (κ2) is 21.3. The summed E-state index contributed by atoms with van der Waals surface area (Å²) in [5, 5.41) is 0. The van der Waals surface area contributed by atoms with E-state index in [0.29, 0.717) is 37.0 Å². The first-order chi connectivity index (χ1) is 12.4. The quantitative estimate of drug-likeness (QED) is 0.289. The number of hydrogen-bond acceptors (Lipinski definition) is 6. The molecule has 0 amide bonds.